The maximum Gasteiger partial charge on any atom is 0.190 e. The predicted octanol–water partition coefficient (Wildman–Crippen LogP) is 10.3. The van der Waals surface area contributed by atoms with Crippen molar-refractivity contribution in [2.24, 2.45) is 0 Å². The van der Waals surface area contributed by atoms with E-state index in [-0.39, 0.29) is 0 Å². The van der Waals surface area contributed by atoms with Crippen molar-refractivity contribution in [2.45, 2.75) is 0 Å². The van der Waals surface area contributed by atoms with Crippen molar-refractivity contribution in [3.8, 4) is 22.9 Å². The summed E-state index contributed by atoms with van der Waals surface area (Å²) in [4.78, 5) is 3.70. The van der Waals surface area contributed by atoms with Gasteiger partial charge in [0.25, 0.3) is 0 Å². The highest BCUT2D eigenvalue weighted by atomic mass is 15.0. The summed E-state index contributed by atoms with van der Waals surface area (Å²) in [6.45, 7) is 7.74. The van der Waals surface area contributed by atoms with Crippen LogP contribution in [0.1, 0.15) is 5.56 Å². The Bertz CT molecular complexity index is 2250. The van der Waals surface area contributed by atoms with Gasteiger partial charge in [0.05, 0.1) is 23.7 Å². The van der Waals surface area contributed by atoms with Crippen molar-refractivity contribution in [2.75, 3.05) is 0 Å². The quantitative estimate of drug-likeness (QED) is 0.208. The molecule has 0 bridgehead atoms. The molecule has 7 rings (SSSR count). The number of para-hydroxylation sites is 1. The number of rotatable bonds is 2. The van der Waals surface area contributed by atoms with Crippen LogP contribution in [0.4, 0.5) is 5.69 Å². The minimum absolute atomic E-state index is 0.430. The van der Waals surface area contributed by atoms with E-state index in [2.05, 4.69) is 125 Å². The fraction of sp³-hybridized carbons (Fsp3) is 0. The van der Waals surface area contributed by atoms with Gasteiger partial charge in [-0.2, -0.15) is 5.26 Å². The van der Waals surface area contributed by atoms with Gasteiger partial charge in [-0.1, -0.05) is 103 Å². The lowest BCUT2D eigenvalue weighted by molar-refractivity contribution is 1.17. The Labute approximate surface area is 237 Å². The molecule has 0 aliphatic heterocycles. The van der Waals surface area contributed by atoms with Gasteiger partial charge in [-0.15, -0.1) is 0 Å². The Morgan fingerprint density at radius 1 is 0.512 bits per heavy atom. The third-order valence-corrected chi connectivity index (χ3v) is 7.63. The van der Waals surface area contributed by atoms with E-state index in [4.69, 9.17) is 6.57 Å². The second-order valence-corrected chi connectivity index (χ2v) is 10.0. The third kappa shape index (κ3) is 4.14. The summed E-state index contributed by atoms with van der Waals surface area (Å²) in [7, 11) is 0. The van der Waals surface area contributed by atoms with Crippen LogP contribution in [0, 0.1) is 17.9 Å². The van der Waals surface area contributed by atoms with Gasteiger partial charge in [0.15, 0.2) is 5.69 Å². The second kappa shape index (κ2) is 10.0. The zero-order valence-corrected chi connectivity index (χ0v) is 22.1. The molecule has 0 radical (unpaired) electrons. The summed E-state index contributed by atoms with van der Waals surface area (Å²) in [5.74, 6) is 0. The number of fused-ring (bicyclic) bond motifs is 7. The van der Waals surface area contributed by atoms with Crippen molar-refractivity contribution in [3.05, 3.63) is 157 Å². The van der Waals surface area contributed by atoms with Crippen molar-refractivity contribution >= 4 is 49.0 Å². The van der Waals surface area contributed by atoms with Gasteiger partial charge < -0.3 is 4.57 Å². The SMILES string of the molecule is [C-]#[N+]c1cc(C#N)cc(-n2c3ccccc3c3ccccc3c3ccccc3c3cc(-c4ccccc4)ccc32)c1. The molecule has 0 saturated heterocycles. The van der Waals surface area contributed by atoms with Gasteiger partial charge >= 0.3 is 0 Å². The number of hydrogen-bond acceptors (Lipinski definition) is 1. The van der Waals surface area contributed by atoms with E-state index in [1.165, 1.54) is 0 Å². The predicted molar refractivity (Wildman–Crippen MR) is 170 cm³/mol. The minimum atomic E-state index is 0.430. The van der Waals surface area contributed by atoms with Crippen LogP contribution in [0.15, 0.2) is 140 Å². The summed E-state index contributed by atoms with van der Waals surface area (Å²) in [6.07, 6.45) is 0. The summed E-state index contributed by atoms with van der Waals surface area (Å²) in [5, 5.41) is 16.6. The van der Waals surface area contributed by atoms with Crippen LogP contribution in [0.5, 0.6) is 0 Å². The maximum absolute atomic E-state index is 9.87. The zero-order chi connectivity index (χ0) is 27.8. The Balaban J connectivity index is 1.83. The van der Waals surface area contributed by atoms with E-state index in [0.717, 1.165) is 60.2 Å². The number of hydrogen-bond donors (Lipinski definition) is 0. The zero-order valence-electron chi connectivity index (χ0n) is 22.1. The molecule has 41 heavy (non-hydrogen) atoms. The Morgan fingerprint density at radius 2 is 1.07 bits per heavy atom. The van der Waals surface area contributed by atoms with Crippen LogP contribution in [-0.4, -0.2) is 4.57 Å². The smallest absolute Gasteiger partial charge is 0.190 e. The highest BCUT2D eigenvalue weighted by Crippen LogP contribution is 2.36. The molecule has 0 N–H and O–H groups in total. The fourth-order valence-corrected chi connectivity index (χ4v) is 5.82. The standard InChI is InChI=1S/C38H23N3/c1-40-29-21-26(25-39)22-30(24-29)41-37-18-10-9-17-35(37)33-15-7-5-13-31(33)32-14-6-8-16-34(32)36-23-28(19-20-38(36)41)27-11-3-2-4-12-27/h2-24H. The molecule has 7 aromatic rings. The average Bonchev–Trinajstić information content (AvgIpc) is 3.09. The van der Waals surface area contributed by atoms with Crippen LogP contribution in [-0.2, 0) is 0 Å². The lowest BCUT2D eigenvalue weighted by Crippen LogP contribution is -1.99. The van der Waals surface area contributed by atoms with E-state index >= 15 is 0 Å². The molecule has 0 fully saturated rings. The molecule has 0 aliphatic rings. The van der Waals surface area contributed by atoms with Gasteiger partial charge in [-0.25, -0.2) is 4.85 Å². The van der Waals surface area contributed by atoms with E-state index in [1.807, 2.05) is 24.3 Å². The van der Waals surface area contributed by atoms with Crippen molar-refractivity contribution < 1.29 is 0 Å². The number of aromatic nitrogens is 1. The van der Waals surface area contributed by atoms with Crippen LogP contribution in [0.2, 0.25) is 0 Å². The van der Waals surface area contributed by atoms with E-state index in [1.54, 1.807) is 6.07 Å². The van der Waals surface area contributed by atoms with Gasteiger partial charge in [-0.3, -0.25) is 0 Å². The molecule has 1 aromatic heterocycles. The summed E-state index contributed by atoms with van der Waals surface area (Å²) in [5.41, 5.74) is 5.87. The number of nitrogens with zero attached hydrogens (tertiary/aromatic N) is 3. The molecule has 0 amide bonds. The van der Waals surface area contributed by atoms with E-state index in [9.17, 15) is 5.26 Å². The summed E-state index contributed by atoms with van der Waals surface area (Å²) >= 11 is 0. The monoisotopic (exact) mass is 521 g/mol. The van der Waals surface area contributed by atoms with Crippen LogP contribution in [0.3, 0.4) is 0 Å². The van der Waals surface area contributed by atoms with Gasteiger partial charge in [0.1, 0.15) is 0 Å². The van der Waals surface area contributed by atoms with Gasteiger partial charge in [0, 0.05) is 22.0 Å². The molecule has 0 saturated carbocycles. The van der Waals surface area contributed by atoms with Crippen molar-refractivity contribution in [3.63, 3.8) is 0 Å². The molecule has 1 heterocycles. The average molecular weight is 522 g/mol. The molecule has 0 atom stereocenters. The molecule has 6 aromatic carbocycles. The molecule has 0 spiro atoms. The Morgan fingerprint density at radius 3 is 1.73 bits per heavy atom. The molecule has 0 unspecified atom stereocenters. The minimum Gasteiger partial charge on any atom is -0.310 e. The number of benzene rings is 6. The Kier molecular flexibility index (Phi) is 5.90. The van der Waals surface area contributed by atoms with Crippen LogP contribution in [0.25, 0.3) is 65.0 Å². The summed E-state index contributed by atoms with van der Waals surface area (Å²) < 4.78 is 2.20. The van der Waals surface area contributed by atoms with E-state index < -0.39 is 0 Å². The molecule has 190 valence electrons. The molecular weight excluding hydrogens is 498 g/mol. The first-order chi connectivity index (χ1) is 20.2. The maximum atomic E-state index is 9.87. The fourth-order valence-electron chi connectivity index (χ4n) is 5.82. The largest absolute Gasteiger partial charge is 0.310 e. The lowest BCUT2D eigenvalue weighted by atomic mass is 9.99. The first-order valence-electron chi connectivity index (χ1n) is 13.5. The van der Waals surface area contributed by atoms with Crippen LogP contribution < -0.4 is 0 Å². The molecule has 3 heteroatoms. The Hall–Kier alpha value is -5.90. The molecule has 3 nitrogen and oxygen atoms in total. The van der Waals surface area contributed by atoms with Gasteiger partial charge in [-0.05, 0) is 69.1 Å². The normalized spacial score (nSPS) is 10.9. The third-order valence-electron chi connectivity index (χ3n) is 7.63. The summed E-state index contributed by atoms with van der Waals surface area (Å²) in [6, 6.07) is 50.1. The van der Waals surface area contributed by atoms with Crippen LogP contribution >= 0.6 is 0 Å². The number of nitriles is 1. The highest BCUT2D eigenvalue weighted by Gasteiger charge is 2.13. The highest BCUT2D eigenvalue weighted by molar-refractivity contribution is 6.19. The first kappa shape index (κ1) is 24.2. The topological polar surface area (TPSA) is 33.1 Å². The first-order valence-corrected chi connectivity index (χ1v) is 13.5. The van der Waals surface area contributed by atoms with Gasteiger partial charge in [0.2, 0.25) is 0 Å². The second-order valence-electron chi connectivity index (χ2n) is 10.0. The van der Waals surface area contributed by atoms with E-state index in [0.29, 0.717) is 11.3 Å². The molecular formula is C38H23N3. The lowest BCUT2D eigenvalue weighted by Gasteiger charge is -2.15. The van der Waals surface area contributed by atoms with Crippen molar-refractivity contribution in [1.82, 2.24) is 4.57 Å². The van der Waals surface area contributed by atoms with Crippen molar-refractivity contribution in [1.29, 1.82) is 5.26 Å². The molecule has 0 aliphatic carbocycles.